The number of aryl methyl sites for hydroxylation is 1. The number of benzene rings is 1. The third-order valence-electron chi connectivity index (χ3n) is 4.03. The van der Waals surface area contributed by atoms with Crippen LogP contribution in [0.5, 0.6) is 5.75 Å². The molecule has 1 amide bonds. The maximum Gasteiger partial charge on any atom is 0.225 e. The molecule has 0 saturated carbocycles. The van der Waals surface area contributed by atoms with Gasteiger partial charge in [0.15, 0.2) is 0 Å². The summed E-state index contributed by atoms with van der Waals surface area (Å²) in [5.41, 5.74) is 1.17. The first-order valence-electron chi connectivity index (χ1n) is 7.81. The van der Waals surface area contributed by atoms with E-state index in [4.69, 9.17) is 4.74 Å². The number of hydrogen-bond acceptors (Lipinski definition) is 3. The van der Waals surface area contributed by atoms with E-state index in [0.717, 1.165) is 38.2 Å². The monoisotopic (exact) mass is 290 g/mol. The largest absolute Gasteiger partial charge is 0.493 e. The lowest BCUT2D eigenvalue weighted by molar-refractivity contribution is -0.133. The summed E-state index contributed by atoms with van der Waals surface area (Å²) in [5.74, 6) is 1.77. The van der Waals surface area contributed by atoms with Crippen LogP contribution in [0, 0.1) is 12.8 Å². The Labute approximate surface area is 127 Å². The van der Waals surface area contributed by atoms with Gasteiger partial charge in [0.2, 0.25) is 5.91 Å². The minimum Gasteiger partial charge on any atom is -0.493 e. The third kappa shape index (κ3) is 5.05. The maximum atomic E-state index is 12.2. The molecule has 1 aliphatic rings. The molecule has 0 aromatic heterocycles. The number of hydrogen-bond donors (Lipinski definition) is 1. The molecule has 4 heteroatoms. The first kappa shape index (κ1) is 15.8. The van der Waals surface area contributed by atoms with Crippen LogP contribution in [0.1, 0.15) is 24.8 Å². The lowest BCUT2D eigenvalue weighted by Gasteiger charge is -2.32. The molecule has 116 valence electrons. The molecule has 0 bridgehead atoms. The number of carbonyl (C=O) groups is 1. The van der Waals surface area contributed by atoms with E-state index in [1.165, 1.54) is 5.56 Å². The number of nitrogens with zero attached hydrogens (tertiary/aromatic N) is 1. The van der Waals surface area contributed by atoms with E-state index < -0.39 is 0 Å². The van der Waals surface area contributed by atoms with E-state index >= 15 is 0 Å². The molecule has 1 saturated heterocycles. The molecule has 4 nitrogen and oxygen atoms in total. The summed E-state index contributed by atoms with van der Waals surface area (Å²) in [6, 6.07) is 7.93. The summed E-state index contributed by atoms with van der Waals surface area (Å²) >= 11 is 0. The summed E-state index contributed by atoms with van der Waals surface area (Å²) < 4.78 is 5.65. The van der Waals surface area contributed by atoms with Crippen LogP contribution in [0.25, 0.3) is 0 Å². The fourth-order valence-corrected chi connectivity index (χ4v) is 2.79. The van der Waals surface area contributed by atoms with E-state index in [1.807, 2.05) is 43.1 Å². The average Bonchev–Trinajstić information content (AvgIpc) is 2.48. The van der Waals surface area contributed by atoms with Crippen molar-refractivity contribution >= 4 is 5.91 Å². The Morgan fingerprint density at radius 3 is 2.81 bits per heavy atom. The van der Waals surface area contributed by atoms with Gasteiger partial charge >= 0.3 is 0 Å². The van der Waals surface area contributed by atoms with Crippen LogP contribution in [0.4, 0.5) is 0 Å². The summed E-state index contributed by atoms with van der Waals surface area (Å²) in [4.78, 5) is 14.1. The minimum absolute atomic E-state index is 0.213. The average molecular weight is 290 g/mol. The summed E-state index contributed by atoms with van der Waals surface area (Å²) in [6.45, 7) is 5.32. The highest BCUT2D eigenvalue weighted by Gasteiger charge is 2.21. The van der Waals surface area contributed by atoms with E-state index in [0.29, 0.717) is 18.9 Å². The number of nitrogens with one attached hydrogen (secondary N) is 1. The molecule has 0 aliphatic carbocycles. The number of ether oxygens (including phenoxy) is 1. The zero-order valence-electron chi connectivity index (χ0n) is 13.1. The van der Waals surface area contributed by atoms with Gasteiger partial charge in [-0.25, -0.2) is 0 Å². The molecule has 0 radical (unpaired) electrons. The molecular formula is C17H26N2O2. The molecule has 21 heavy (non-hydrogen) atoms. The highest BCUT2D eigenvalue weighted by atomic mass is 16.5. The predicted molar refractivity (Wildman–Crippen MR) is 84.5 cm³/mol. The Bertz CT molecular complexity index is 454. The van der Waals surface area contributed by atoms with Crippen molar-refractivity contribution in [1.29, 1.82) is 0 Å². The van der Waals surface area contributed by atoms with E-state index in [9.17, 15) is 4.79 Å². The molecule has 1 aliphatic heterocycles. The maximum absolute atomic E-state index is 12.2. The quantitative estimate of drug-likeness (QED) is 0.873. The second-order valence-corrected chi connectivity index (χ2v) is 5.80. The Morgan fingerprint density at radius 1 is 1.38 bits per heavy atom. The summed E-state index contributed by atoms with van der Waals surface area (Å²) in [7, 11) is 1.99. The van der Waals surface area contributed by atoms with Crippen LogP contribution in [-0.4, -0.2) is 44.1 Å². The fourth-order valence-electron chi connectivity index (χ4n) is 2.79. The van der Waals surface area contributed by atoms with Crippen molar-refractivity contribution in [1.82, 2.24) is 10.2 Å². The second kappa shape index (κ2) is 8.03. The Hall–Kier alpha value is -1.55. The van der Waals surface area contributed by atoms with Crippen LogP contribution in [-0.2, 0) is 4.79 Å². The van der Waals surface area contributed by atoms with Gasteiger partial charge in [0.05, 0.1) is 13.0 Å². The smallest absolute Gasteiger partial charge is 0.225 e. The Kier molecular flexibility index (Phi) is 6.05. The van der Waals surface area contributed by atoms with Crippen molar-refractivity contribution in [2.45, 2.75) is 26.2 Å². The molecule has 0 spiro atoms. The minimum atomic E-state index is 0.213. The van der Waals surface area contributed by atoms with Crippen molar-refractivity contribution in [3.05, 3.63) is 29.8 Å². The van der Waals surface area contributed by atoms with Crippen LogP contribution >= 0.6 is 0 Å². The zero-order chi connectivity index (χ0) is 15.1. The van der Waals surface area contributed by atoms with Crippen LogP contribution in [0.15, 0.2) is 24.3 Å². The van der Waals surface area contributed by atoms with Gasteiger partial charge in [0.1, 0.15) is 5.75 Å². The molecule has 2 rings (SSSR count). The van der Waals surface area contributed by atoms with E-state index in [2.05, 4.69) is 5.32 Å². The molecule has 1 aromatic rings. The molecule has 1 fully saturated rings. The van der Waals surface area contributed by atoms with Gasteiger partial charge < -0.3 is 15.0 Å². The third-order valence-corrected chi connectivity index (χ3v) is 4.03. The SMILES string of the molecule is CNCC1CCN(C(=O)CCOc2cccc(C)c2)CC1. The number of rotatable bonds is 6. The molecule has 1 heterocycles. The summed E-state index contributed by atoms with van der Waals surface area (Å²) in [6.07, 6.45) is 2.67. The van der Waals surface area contributed by atoms with Gasteiger partial charge in [-0.2, -0.15) is 0 Å². The van der Waals surface area contributed by atoms with E-state index in [1.54, 1.807) is 0 Å². The lowest BCUT2D eigenvalue weighted by Crippen LogP contribution is -2.40. The predicted octanol–water partition coefficient (Wildman–Crippen LogP) is 2.22. The van der Waals surface area contributed by atoms with Crippen molar-refractivity contribution in [2.24, 2.45) is 5.92 Å². The van der Waals surface area contributed by atoms with Gasteiger partial charge in [0.25, 0.3) is 0 Å². The van der Waals surface area contributed by atoms with Crippen LogP contribution in [0.2, 0.25) is 0 Å². The molecule has 1 N–H and O–H groups in total. The highest BCUT2D eigenvalue weighted by molar-refractivity contribution is 5.76. The van der Waals surface area contributed by atoms with Crippen LogP contribution in [0.3, 0.4) is 0 Å². The molecule has 0 unspecified atom stereocenters. The number of piperidine rings is 1. The lowest BCUT2D eigenvalue weighted by atomic mass is 9.97. The number of amides is 1. The van der Waals surface area contributed by atoms with Crippen molar-refractivity contribution < 1.29 is 9.53 Å². The molecular weight excluding hydrogens is 264 g/mol. The standard InChI is InChI=1S/C17H26N2O2/c1-14-4-3-5-16(12-14)21-11-8-17(20)19-9-6-15(7-10-19)13-18-2/h3-5,12,15,18H,6-11,13H2,1-2H3. The molecule has 1 aromatic carbocycles. The van der Waals surface area contributed by atoms with Crippen molar-refractivity contribution in [2.75, 3.05) is 33.3 Å². The molecule has 0 atom stereocenters. The van der Waals surface area contributed by atoms with Gasteiger partial charge in [-0.05, 0) is 57.0 Å². The zero-order valence-corrected chi connectivity index (χ0v) is 13.1. The van der Waals surface area contributed by atoms with Gasteiger partial charge in [-0.15, -0.1) is 0 Å². The number of carbonyl (C=O) groups excluding carboxylic acids is 1. The van der Waals surface area contributed by atoms with Gasteiger partial charge in [0, 0.05) is 13.1 Å². The van der Waals surface area contributed by atoms with Gasteiger partial charge in [-0.1, -0.05) is 12.1 Å². The Balaban J connectivity index is 1.68. The second-order valence-electron chi connectivity index (χ2n) is 5.80. The first-order chi connectivity index (χ1) is 10.2. The van der Waals surface area contributed by atoms with Gasteiger partial charge in [-0.3, -0.25) is 4.79 Å². The normalized spacial score (nSPS) is 16.0. The summed E-state index contributed by atoms with van der Waals surface area (Å²) in [5, 5.41) is 3.22. The van der Waals surface area contributed by atoms with E-state index in [-0.39, 0.29) is 5.91 Å². The number of likely N-dealkylation sites (tertiary alicyclic amines) is 1. The van der Waals surface area contributed by atoms with Crippen LogP contribution < -0.4 is 10.1 Å². The fraction of sp³-hybridized carbons (Fsp3) is 0.588. The first-order valence-corrected chi connectivity index (χ1v) is 7.81. The highest BCUT2D eigenvalue weighted by Crippen LogP contribution is 2.17. The van der Waals surface area contributed by atoms with Crippen molar-refractivity contribution in [3.63, 3.8) is 0 Å². The Morgan fingerprint density at radius 2 is 2.14 bits per heavy atom. The van der Waals surface area contributed by atoms with Crippen molar-refractivity contribution in [3.8, 4) is 5.75 Å². The topological polar surface area (TPSA) is 41.6 Å².